The van der Waals surface area contributed by atoms with E-state index in [2.05, 4.69) is 9.97 Å². The van der Waals surface area contributed by atoms with Gasteiger partial charge in [-0.3, -0.25) is 10.1 Å². The molecular weight excluding hydrogens is 296 g/mol. The van der Waals surface area contributed by atoms with E-state index >= 15 is 0 Å². The zero-order valence-corrected chi connectivity index (χ0v) is 12.2. The number of benzene rings is 1. The van der Waals surface area contributed by atoms with Gasteiger partial charge in [0, 0.05) is 12.5 Å². The molecule has 0 aliphatic rings. The van der Waals surface area contributed by atoms with Crippen LogP contribution < -0.4 is 10.5 Å². The monoisotopic (exact) mass is 308 g/mol. The van der Waals surface area contributed by atoms with Gasteiger partial charge in [-0.1, -0.05) is 18.5 Å². The maximum Gasteiger partial charge on any atom is 0.273 e. The Labute approximate surface area is 125 Å². The maximum absolute atomic E-state index is 10.8. The number of hydrogen-bond acceptors (Lipinski definition) is 6. The lowest BCUT2D eigenvalue weighted by atomic mass is 10.3. The summed E-state index contributed by atoms with van der Waals surface area (Å²) in [6.45, 7) is 3.59. The molecule has 0 aliphatic heterocycles. The summed E-state index contributed by atoms with van der Waals surface area (Å²) >= 11 is 5.99. The van der Waals surface area contributed by atoms with Crippen LogP contribution in [0.1, 0.15) is 18.3 Å². The number of anilines is 1. The fourth-order valence-corrected chi connectivity index (χ4v) is 1.76. The molecule has 8 heteroatoms. The van der Waals surface area contributed by atoms with Crippen LogP contribution in [0.3, 0.4) is 0 Å². The molecule has 0 spiro atoms. The third kappa shape index (κ3) is 3.19. The largest absolute Gasteiger partial charge is 0.437 e. The lowest BCUT2D eigenvalue weighted by Gasteiger charge is -2.11. The second-order valence-corrected chi connectivity index (χ2v) is 4.69. The Morgan fingerprint density at radius 1 is 1.43 bits per heavy atom. The first-order valence-electron chi connectivity index (χ1n) is 6.17. The van der Waals surface area contributed by atoms with Crippen molar-refractivity contribution >= 4 is 23.1 Å². The summed E-state index contributed by atoms with van der Waals surface area (Å²) < 4.78 is 5.59. The van der Waals surface area contributed by atoms with Crippen molar-refractivity contribution in [1.29, 1.82) is 0 Å². The number of non-ortho nitro benzene ring substituents is 1. The summed E-state index contributed by atoms with van der Waals surface area (Å²) in [6.07, 6.45) is 0.587. The number of nitro benzene ring substituents is 1. The molecule has 0 saturated heterocycles. The lowest BCUT2D eigenvalue weighted by Crippen LogP contribution is -2.04. The van der Waals surface area contributed by atoms with Crippen LogP contribution in [0, 0.1) is 17.0 Å². The van der Waals surface area contributed by atoms with Crippen molar-refractivity contribution in [3.05, 3.63) is 44.7 Å². The number of nitrogens with two attached hydrogens (primary N) is 1. The van der Waals surface area contributed by atoms with E-state index in [1.54, 1.807) is 6.92 Å². The Balaban J connectivity index is 2.44. The topological polar surface area (TPSA) is 104 Å². The van der Waals surface area contributed by atoms with Gasteiger partial charge in [0.05, 0.1) is 21.6 Å². The molecule has 0 unspecified atom stereocenters. The van der Waals surface area contributed by atoms with Gasteiger partial charge in [0.2, 0.25) is 5.88 Å². The highest BCUT2D eigenvalue weighted by Crippen LogP contribution is 2.34. The quantitative estimate of drug-likeness (QED) is 0.686. The van der Waals surface area contributed by atoms with E-state index < -0.39 is 4.92 Å². The summed E-state index contributed by atoms with van der Waals surface area (Å²) in [6, 6.07) is 3.94. The first kappa shape index (κ1) is 15.0. The van der Waals surface area contributed by atoms with Gasteiger partial charge in [-0.15, -0.1) is 0 Å². The van der Waals surface area contributed by atoms with E-state index in [0.717, 1.165) is 0 Å². The molecule has 1 aromatic heterocycles. The van der Waals surface area contributed by atoms with Crippen LogP contribution in [-0.4, -0.2) is 14.9 Å². The summed E-state index contributed by atoms with van der Waals surface area (Å²) in [4.78, 5) is 18.6. The molecule has 1 aromatic carbocycles. The van der Waals surface area contributed by atoms with E-state index in [1.807, 2.05) is 6.92 Å². The van der Waals surface area contributed by atoms with Gasteiger partial charge in [-0.2, -0.15) is 4.98 Å². The predicted molar refractivity (Wildman–Crippen MR) is 78.7 cm³/mol. The van der Waals surface area contributed by atoms with Crippen LogP contribution in [-0.2, 0) is 6.42 Å². The summed E-state index contributed by atoms with van der Waals surface area (Å²) in [5.41, 5.74) is 6.22. The molecule has 2 N–H and O–H groups in total. The van der Waals surface area contributed by atoms with Gasteiger partial charge < -0.3 is 10.5 Å². The van der Waals surface area contributed by atoms with Crippen LogP contribution >= 0.6 is 11.6 Å². The van der Waals surface area contributed by atoms with Gasteiger partial charge in [0.1, 0.15) is 11.6 Å². The van der Waals surface area contributed by atoms with E-state index in [9.17, 15) is 10.1 Å². The van der Waals surface area contributed by atoms with Gasteiger partial charge in [-0.05, 0) is 13.0 Å². The fraction of sp³-hybridized carbons (Fsp3) is 0.231. The minimum absolute atomic E-state index is 0.121. The molecule has 7 nitrogen and oxygen atoms in total. The molecule has 2 rings (SSSR count). The minimum atomic E-state index is -0.526. The van der Waals surface area contributed by atoms with E-state index in [0.29, 0.717) is 23.6 Å². The summed E-state index contributed by atoms with van der Waals surface area (Å²) in [7, 11) is 0. The van der Waals surface area contributed by atoms with Crippen molar-refractivity contribution in [3.63, 3.8) is 0 Å². The Kier molecular flexibility index (Phi) is 4.23. The van der Waals surface area contributed by atoms with Crippen LogP contribution in [0.5, 0.6) is 11.6 Å². The number of ether oxygens (including phenoxy) is 1. The Morgan fingerprint density at radius 3 is 2.76 bits per heavy atom. The molecule has 0 amide bonds. The molecule has 110 valence electrons. The number of aromatic nitrogens is 2. The first-order valence-corrected chi connectivity index (χ1v) is 6.55. The molecule has 0 fully saturated rings. The lowest BCUT2D eigenvalue weighted by molar-refractivity contribution is -0.384. The van der Waals surface area contributed by atoms with Crippen LogP contribution in [0.2, 0.25) is 5.02 Å². The van der Waals surface area contributed by atoms with Crippen molar-refractivity contribution < 1.29 is 9.66 Å². The van der Waals surface area contributed by atoms with Crippen molar-refractivity contribution in [2.45, 2.75) is 20.3 Å². The molecule has 2 aromatic rings. The normalized spacial score (nSPS) is 10.4. The first-order chi connectivity index (χ1) is 9.92. The molecule has 0 bridgehead atoms. The van der Waals surface area contributed by atoms with Crippen molar-refractivity contribution in [3.8, 4) is 11.6 Å². The molecular formula is C13H13ClN4O3. The third-order valence-electron chi connectivity index (χ3n) is 2.83. The van der Waals surface area contributed by atoms with Gasteiger partial charge in [0.25, 0.3) is 5.69 Å². The van der Waals surface area contributed by atoms with Crippen molar-refractivity contribution in [2.24, 2.45) is 0 Å². The number of nitro groups is 1. The SMILES string of the molecule is CCc1nc(N)c(C)c(Oc2cc([N+](=O)[O-])ccc2Cl)n1. The molecule has 21 heavy (non-hydrogen) atoms. The predicted octanol–water partition coefficient (Wildman–Crippen LogP) is 3.28. The van der Waals surface area contributed by atoms with E-state index in [-0.39, 0.29) is 22.3 Å². The highest BCUT2D eigenvalue weighted by molar-refractivity contribution is 6.32. The zero-order valence-electron chi connectivity index (χ0n) is 11.5. The average molecular weight is 309 g/mol. The molecule has 0 atom stereocenters. The minimum Gasteiger partial charge on any atom is -0.437 e. The van der Waals surface area contributed by atoms with E-state index in [1.165, 1.54) is 18.2 Å². The Hall–Kier alpha value is -2.41. The average Bonchev–Trinajstić information content (AvgIpc) is 2.45. The number of hydrogen-bond donors (Lipinski definition) is 1. The number of rotatable bonds is 4. The third-order valence-corrected chi connectivity index (χ3v) is 3.15. The van der Waals surface area contributed by atoms with Gasteiger partial charge in [-0.25, -0.2) is 4.98 Å². The molecule has 0 saturated carbocycles. The van der Waals surface area contributed by atoms with Crippen molar-refractivity contribution in [1.82, 2.24) is 9.97 Å². The number of nitrogen functional groups attached to an aromatic ring is 1. The fourth-order valence-electron chi connectivity index (χ4n) is 1.60. The highest BCUT2D eigenvalue weighted by Gasteiger charge is 2.15. The molecule has 1 heterocycles. The van der Waals surface area contributed by atoms with Crippen LogP contribution in [0.25, 0.3) is 0 Å². The summed E-state index contributed by atoms with van der Waals surface area (Å²) in [5.74, 6) is 1.21. The van der Waals surface area contributed by atoms with Crippen molar-refractivity contribution in [2.75, 3.05) is 5.73 Å². The van der Waals surface area contributed by atoms with E-state index in [4.69, 9.17) is 22.1 Å². The van der Waals surface area contributed by atoms with Gasteiger partial charge in [0.15, 0.2) is 5.75 Å². The number of nitrogens with zero attached hydrogens (tertiary/aromatic N) is 3. The smallest absolute Gasteiger partial charge is 0.273 e. The second-order valence-electron chi connectivity index (χ2n) is 4.28. The Morgan fingerprint density at radius 2 is 2.14 bits per heavy atom. The summed E-state index contributed by atoms with van der Waals surface area (Å²) in [5, 5.41) is 11.0. The number of aryl methyl sites for hydroxylation is 1. The number of halogens is 1. The maximum atomic E-state index is 10.8. The molecule has 0 radical (unpaired) electrons. The van der Waals surface area contributed by atoms with Gasteiger partial charge >= 0.3 is 0 Å². The zero-order chi connectivity index (χ0) is 15.6. The molecule has 0 aliphatic carbocycles. The Bertz CT molecular complexity index is 706. The van der Waals surface area contributed by atoms with Crippen LogP contribution in [0.15, 0.2) is 18.2 Å². The van der Waals surface area contributed by atoms with Crippen LogP contribution in [0.4, 0.5) is 11.5 Å². The standard InChI is InChI=1S/C13H13ClN4O3/c1-3-11-16-12(15)7(2)13(17-11)21-10-6-8(18(19)20)4-5-9(10)14/h4-6H,3H2,1-2H3,(H2,15,16,17). The highest BCUT2D eigenvalue weighted by atomic mass is 35.5. The second kappa shape index (κ2) is 5.92.